The van der Waals surface area contributed by atoms with Gasteiger partial charge in [-0.1, -0.05) is 18.2 Å². The summed E-state index contributed by atoms with van der Waals surface area (Å²) >= 11 is 0. The minimum atomic E-state index is -0.365. The van der Waals surface area contributed by atoms with Crippen LogP contribution in [0.2, 0.25) is 0 Å². The third kappa shape index (κ3) is 10.3. The van der Waals surface area contributed by atoms with Crippen LogP contribution < -0.4 is 25.4 Å². The van der Waals surface area contributed by atoms with E-state index in [0.717, 1.165) is 50.8 Å². The molecule has 3 aromatic rings. The number of hydrogen-bond acceptors (Lipinski definition) is 8. The molecule has 48 heavy (non-hydrogen) atoms. The van der Waals surface area contributed by atoms with Crippen molar-refractivity contribution in [1.82, 2.24) is 14.8 Å². The fourth-order valence-electron chi connectivity index (χ4n) is 5.67. The number of aryl methyl sites for hydroxylation is 1. The number of unbranched alkanes of at least 4 members (excludes halogenated alkanes) is 2. The number of carbonyl (C=O) groups is 3. The van der Waals surface area contributed by atoms with Crippen LogP contribution in [0.5, 0.6) is 11.5 Å². The van der Waals surface area contributed by atoms with Crippen LogP contribution in [-0.2, 0) is 4.79 Å². The van der Waals surface area contributed by atoms with Crippen molar-refractivity contribution in [1.29, 1.82) is 0 Å². The molecule has 0 aliphatic carbocycles. The molecule has 1 aliphatic heterocycles. The number of hydrogen-bond donors (Lipinski definition) is 2. The molecule has 11 nitrogen and oxygen atoms in total. The predicted octanol–water partition coefficient (Wildman–Crippen LogP) is 5.14. The van der Waals surface area contributed by atoms with Crippen LogP contribution in [0.1, 0.15) is 71.2 Å². The number of piperidine rings is 1. The number of nitrogens with two attached hydrogens (primary N) is 1. The molecule has 258 valence electrons. The Hall–Kier alpha value is -4.48. The second-order valence-electron chi connectivity index (χ2n) is 12.4. The Balaban J connectivity index is 1.27. The number of aromatic nitrogens is 1. The lowest BCUT2D eigenvalue weighted by Crippen LogP contribution is -2.44. The predicted molar refractivity (Wildman–Crippen MR) is 189 cm³/mol. The summed E-state index contributed by atoms with van der Waals surface area (Å²) in [5, 5.41) is 2.77. The maximum Gasteiger partial charge on any atom is 0.260 e. The summed E-state index contributed by atoms with van der Waals surface area (Å²) in [6.45, 7) is 5.05. The molecule has 1 aromatic heterocycles. The minimum Gasteiger partial charge on any atom is -0.493 e. The van der Waals surface area contributed by atoms with E-state index in [9.17, 15) is 14.4 Å². The van der Waals surface area contributed by atoms with Crippen LogP contribution in [0, 0.1) is 6.92 Å². The van der Waals surface area contributed by atoms with Crippen LogP contribution in [-0.4, -0.2) is 92.5 Å². The lowest BCUT2D eigenvalue weighted by atomic mass is 10.0. The van der Waals surface area contributed by atoms with E-state index in [4.69, 9.17) is 15.2 Å². The number of benzene rings is 2. The van der Waals surface area contributed by atoms with Crippen molar-refractivity contribution in [3.63, 3.8) is 0 Å². The van der Waals surface area contributed by atoms with Crippen molar-refractivity contribution in [2.75, 3.05) is 64.2 Å². The van der Waals surface area contributed by atoms with E-state index in [0.29, 0.717) is 72.8 Å². The van der Waals surface area contributed by atoms with Crippen molar-refractivity contribution >= 4 is 29.2 Å². The largest absolute Gasteiger partial charge is 0.493 e. The van der Waals surface area contributed by atoms with E-state index in [1.807, 2.05) is 30.0 Å². The molecule has 0 spiro atoms. The summed E-state index contributed by atoms with van der Waals surface area (Å²) < 4.78 is 11.9. The van der Waals surface area contributed by atoms with Gasteiger partial charge in [0.25, 0.3) is 11.8 Å². The Morgan fingerprint density at radius 2 is 1.65 bits per heavy atom. The van der Waals surface area contributed by atoms with Gasteiger partial charge >= 0.3 is 0 Å². The van der Waals surface area contributed by atoms with E-state index >= 15 is 0 Å². The van der Waals surface area contributed by atoms with Crippen LogP contribution >= 0.6 is 0 Å². The molecular formula is C37H50N6O5. The maximum absolute atomic E-state index is 13.4. The third-order valence-corrected chi connectivity index (χ3v) is 8.61. The number of carbonyl (C=O) groups excluding carboxylic acids is 3. The van der Waals surface area contributed by atoms with E-state index in [1.54, 1.807) is 43.4 Å². The Morgan fingerprint density at radius 1 is 0.917 bits per heavy atom. The number of nitrogens with one attached hydrogen (secondary N) is 1. The Morgan fingerprint density at radius 3 is 2.35 bits per heavy atom. The topological polar surface area (TPSA) is 130 Å². The number of rotatable bonds is 16. The summed E-state index contributed by atoms with van der Waals surface area (Å²) in [4.78, 5) is 49.2. The van der Waals surface area contributed by atoms with Crippen LogP contribution in [0.3, 0.4) is 0 Å². The lowest BCUT2D eigenvalue weighted by Gasteiger charge is -2.35. The Bertz CT molecular complexity index is 1500. The van der Waals surface area contributed by atoms with E-state index < -0.39 is 0 Å². The van der Waals surface area contributed by atoms with E-state index in [-0.39, 0.29) is 17.7 Å². The smallest absolute Gasteiger partial charge is 0.260 e. The van der Waals surface area contributed by atoms with Gasteiger partial charge in [-0.25, -0.2) is 4.98 Å². The monoisotopic (exact) mass is 658 g/mol. The highest BCUT2D eigenvalue weighted by atomic mass is 16.5. The van der Waals surface area contributed by atoms with Crippen molar-refractivity contribution in [2.24, 2.45) is 5.73 Å². The average Bonchev–Trinajstić information content (AvgIpc) is 3.09. The Labute approximate surface area is 284 Å². The van der Waals surface area contributed by atoms with Crippen molar-refractivity contribution in [2.45, 2.75) is 57.9 Å². The highest BCUT2D eigenvalue weighted by Crippen LogP contribution is 2.30. The second-order valence-corrected chi connectivity index (χ2v) is 12.4. The second kappa shape index (κ2) is 18.2. The standard InChI is InChI=1S/C37H50N6O5/c1-27-14-16-31(33(25-27)48-23-9-5-6-13-35(44)43-21-18-29(19-22-43)41(2)3)42(4)37(46)28-15-17-34(39-26-28)40-36(45)30-11-7-8-12-32(30)47-24-10-20-38/h7-8,11-12,14-17,25-26,29H,5-6,9-10,13,18-24,38H2,1-4H3,(H,39,40,45). The molecular weight excluding hydrogens is 608 g/mol. The van der Waals surface area contributed by atoms with Crippen LogP contribution in [0.15, 0.2) is 60.8 Å². The van der Waals surface area contributed by atoms with Crippen molar-refractivity contribution in [3.8, 4) is 11.5 Å². The molecule has 4 rings (SSSR count). The Kier molecular flexibility index (Phi) is 13.8. The van der Waals surface area contributed by atoms with Gasteiger partial charge in [0.2, 0.25) is 5.91 Å². The number of anilines is 2. The van der Waals surface area contributed by atoms with Crippen molar-refractivity contribution in [3.05, 3.63) is 77.5 Å². The quantitative estimate of drug-likeness (QED) is 0.203. The highest BCUT2D eigenvalue weighted by molar-refractivity contribution is 6.07. The third-order valence-electron chi connectivity index (χ3n) is 8.61. The fourth-order valence-corrected chi connectivity index (χ4v) is 5.67. The molecule has 0 atom stereocenters. The first-order chi connectivity index (χ1) is 23.2. The average molecular weight is 659 g/mol. The summed E-state index contributed by atoms with van der Waals surface area (Å²) in [7, 11) is 5.90. The molecule has 1 fully saturated rings. The van der Waals surface area contributed by atoms with Gasteiger partial charge in [0.1, 0.15) is 17.3 Å². The summed E-state index contributed by atoms with van der Waals surface area (Å²) in [6.07, 6.45) is 7.27. The SMILES string of the molecule is Cc1ccc(N(C)C(=O)c2ccc(NC(=O)c3ccccc3OCCCN)nc2)c(OCCCCCC(=O)N2CCC(N(C)C)CC2)c1. The number of amides is 3. The first kappa shape index (κ1) is 36.4. The van der Waals surface area contributed by atoms with Gasteiger partial charge in [-0.15, -0.1) is 0 Å². The van der Waals surface area contributed by atoms with E-state index in [2.05, 4.69) is 29.3 Å². The zero-order chi connectivity index (χ0) is 34.5. The summed E-state index contributed by atoms with van der Waals surface area (Å²) in [5.41, 5.74) is 7.96. The summed E-state index contributed by atoms with van der Waals surface area (Å²) in [6, 6.07) is 16.5. The number of para-hydroxylation sites is 1. The molecule has 2 aromatic carbocycles. The summed E-state index contributed by atoms with van der Waals surface area (Å²) in [5.74, 6) is 1.01. The van der Waals surface area contributed by atoms with Gasteiger partial charge < -0.3 is 35.2 Å². The molecule has 3 N–H and O–H groups in total. The highest BCUT2D eigenvalue weighted by Gasteiger charge is 2.23. The first-order valence-corrected chi connectivity index (χ1v) is 16.8. The zero-order valence-corrected chi connectivity index (χ0v) is 28.7. The van der Waals surface area contributed by atoms with Gasteiger partial charge in [0, 0.05) is 38.8 Å². The molecule has 1 saturated heterocycles. The molecule has 0 bridgehead atoms. The number of nitrogens with zero attached hydrogens (tertiary/aromatic N) is 4. The van der Waals surface area contributed by atoms with Gasteiger partial charge in [-0.3, -0.25) is 14.4 Å². The molecule has 2 heterocycles. The minimum absolute atomic E-state index is 0.244. The lowest BCUT2D eigenvalue weighted by molar-refractivity contribution is -0.132. The van der Waals surface area contributed by atoms with Gasteiger partial charge in [0.15, 0.2) is 0 Å². The zero-order valence-electron chi connectivity index (χ0n) is 28.7. The van der Waals surface area contributed by atoms with Gasteiger partial charge in [-0.2, -0.15) is 0 Å². The molecule has 3 amide bonds. The normalized spacial score (nSPS) is 13.3. The van der Waals surface area contributed by atoms with E-state index in [1.165, 1.54) is 11.1 Å². The number of likely N-dealkylation sites (tertiary alicyclic amines) is 1. The first-order valence-electron chi connectivity index (χ1n) is 16.8. The molecule has 1 aliphatic rings. The molecule has 11 heteroatoms. The van der Waals surface area contributed by atoms with Crippen LogP contribution in [0.4, 0.5) is 11.5 Å². The molecule has 0 radical (unpaired) electrons. The molecule has 0 unspecified atom stereocenters. The van der Waals surface area contributed by atoms with Gasteiger partial charge in [0.05, 0.1) is 30.0 Å². The van der Waals surface area contributed by atoms with Crippen molar-refractivity contribution < 1.29 is 23.9 Å². The number of pyridine rings is 1. The number of ether oxygens (including phenoxy) is 2. The maximum atomic E-state index is 13.4. The molecule has 0 saturated carbocycles. The fraction of sp³-hybridized carbons (Fsp3) is 0.459. The van der Waals surface area contributed by atoms with Crippen LogP contribution in [0.25, 0.3) is 0 Å². The van der Waals surface area contributed by atoms with Gasteiger partial charge in [-0.05, 0) is 108 Å².